The fourth-order valence-electron chi connectivity index (χ4n) is 1.50. The molecule has 0 spiro atoms. The van der Waals surface area contributed by atoms with Gasteiger partial charge in [-0.05, 0) is 51.7 Å². The van der Waals surface area contributed by atoms with Crippen LogP contribution in [0, 0.1) is 6.92 Å². The highest BCUT2D eigenvalue weighted by atomic mass is 16.5. The molecule has 0 aliphatic carbocycles. The lowest BCUT2D eigenvalue weighted by Gasteiger charge is -2.13. The van der Waals surface area contributed by atoms with Crippen LogP contribution in [0.15, 0.2) is 18.2 Å². The second-order valence-corrected chi connectivity index (χ2v) is 4.14. The molecule has 0 bridgehead atoms. The molecule has 0 amide bonds. The van der Waals surface area contributed by atoms with Gasteiger partial charge >= 0.3 is 0 Å². The first kappa shape index (κ1) is 12.8. The highest BCUT2D eigenvalue weighted by Crippen LogP contribution is 2.21. The molecule has 3 nitrogen and oxygen atoms in total. The lowest BCUT2D eigenvalue weighted by molar-refractivity contribution is 0.338. The summed E-state index contributed by atoms with van der Waals surface area (Å²) in [5.74, 6) is 0.973. The molecule has 0 radical (unpaired) electrons. The third-order valence-electron chi connectivity index (χ3n) is 2.36. The zero-order valence-electron chi connectivity index (χ0n) is 10.7. The quantitative estimate of drug-likeness (QED) is 0.799. The number of ether oxygens (including phenoxy) is 1. The predicted octanol–water partition coefficient (Wildman–Crippen LogP) is 2.37. The minimum absolute atomic E-state index is 0.717. The fourth-order valence-corrected chi connectivity index (χ4v) is 1.50. The van der Waals surface area contributed by atoms with E-state index in [9.17, 15) is 0 Å². The molecule has 1 aromatic carbocycles. The first-order valence-electron chi connectivity index (χ1n) is 5.75. The summed E-state index contributed by atoms with van der Waals surface area (Å²) in [6.45, 7) is 6.78. The Morgan fingerprint density at radius 3 is 2.62 bits per heavy atom. The molecular formula is C13H22N2O. The van der Waals surface area contributed by atoms with Crippen LogP contribution in [0.3, 0.4) is 0 Å². The standard InChI is InChI=1S/C13H22N2O/c1-5-16-13-7-6-12(10-11(13)2)14-8-9-15(3)4/h6-7,10,14H,5,8-9H2,1-4H3. The average Bonchev–Trinajstić information content (AvgIpc) is 2.21. The Morgan fingerprint density at radius 1 is 1.31 bits per heavy atom. The van der Waals surface area contributed by atoms with Gasteiger partial charge in [-0.15, -0.1) is 0 Å². The number of nitrogens with zero attached hydrogens (tertiary/aromatic N) is 1. The minimum atomic E-state index is 0.717. The fraction of sp³-hybridized carbons (Fsp3) is 0.538. The smallest absolute Gasteiger partial charge is 0.122 e. The topological polar surface area (TPSA) is 24.5 Å². The molecule has 0 atom stereocenters. The van der Waals surface area contributed by atoms with Crippen LogP contribution < -0.4 is 10.1 Å². The summed E-state index contributed by atoms with van der Waals surface area (Å²) in [6.07, 6.45) is 0. The van der Waals surface area contributed by atoms with Gasteiger partial charge in [0.15, 0.2) is 0 Å². The molecule has 1 rings (SSSR count). The van der Waals surface area contributed by atoms with Crippen molar-refractivity contribution in [2.24, 2.45) is 0 Å². The van der Waals surface area contributed by atoms with Gasteiger partial charge in [-0.1, -0.05) is 0 Å². The summed E-state index contributed by atoms with van der Waals surface area (Å²) in [6, 6.07) is 6.21. The van der Waals surface area contributed by atoms with Crippen molar-refractivity contribution in [3.05, 3.63) is 23.8 Å². The number of likely N-dealkylation sites (N-methyl/N-ethyl adjacent to an activating group) is 1. The number of anilines is 1. The highest BCUT2D eigenvalue weighted by Gasteiger charge is 2.00. The van der Waals surface area contributed by atoms with Gasteiger partial charge in [-0.3, -0.25) is 0 Å². The van der Waals surface area contributed by atoms with Crippen LogP contribution in [0.2, 0.25) is 0 Å². The summed E-state index contributed by atoms with van der Waals surface area (Å²) in [4.78, 5) is 2.16. The molecule has 0 aliphatic heterocycles. The van der Waals surface area contributed by atoms with Crippen molar-refractivity contribution >= 4 is 5.69 Å². The molecule has 3 heteroatoms. The Kier molecular flexibility index (Phi) is 5.12. The monoisotopic (exact) mass is 222 g/mol. The van der Waals surface area contributed by atoms with Crippen molar-refractivity contribution in [3.63, 3.8) is 0 Å². The van der Waals surface area contributed by atoms with Gasteiger partial charge < -0.3 is 15.0 Å². The Hall–Kier alpha value is -1.22. The van der Waals surface area contributed by atoms with Crippen molar-refractivity contribution in [2.45, 2.75) is 13.8 Å². The normalized spacial score (nSPS) is 10.6. The van der Waals surface area contributed by atoms with Crippen LogP contribution in [-0.4, -0.2) is 38.7 Å². The summed E-state index contributed by atoms with van der Waals surface area (Å²) in [5, 5.41) is 3.39. The molecule has 1 N–H and O–H groups in total. The summed E-state index contributed by atoms with van der Waals surface area (Å²) >= 11 is 0. The Bertz CT molecular complexity index is 324. The maximum absolute atomic E-state index is 5.50. The number of hydrogen-bond donors (Lipinski definition) is 1. The van der Waals surface area contributed by atoms with Gasteiger partial charge in [0.1, 0.15) is 5.75 Å². The maximum Gasteiger partial charge on any atom is 0.122 e. The Morgan fingerprint density at radius 2 is 2.06 bits per heavy atom. The summed E-state index contributed by atoms with van der Waals surface area (Å²) in [5.41, 5.74) is 2.33. The second kappa shape index (κ2) is 6.38. The van der Waals surface area contributed by atoms with Crippen molar-refractivity contribution in [2.75, 3.05) is 39.1 Å². The third kappa shape index (κ3) is 4.11. The molecule has 0 aliphatic rings. The van der Waals surface area contributed by atoms with E-state index >= 15 is 0 Å². The lowest BCUT2D eigenvalue weighted by atomic mass is 10.2. The highest BCUT2D eigenvalue weighted by molar-refractivity contribution is 5.50. The first-order valence-corrected chi connectivity index (χ1v) is 5.75. The molecule has 0 saturated heterocycles. The molecule has 0 aromatic heterocycles. The number of nitrogens with one attached hydrogen (secondary N) is 1. The number of hydrogen-bond acceptors (Lipinski definition) is 3. The van der Waals surface area contributed by atoms with Crippen LogP contribution in [0.25, 0.3) is 0 Å². The predicted molar refractivity (Wildman–Crippen MR) is 69.4 cm³/mol. The van der Waals surface area contributed by atoms with Gasteiger partial charge in [-0.2, -0.15) is 0 Å². The number of rotatable bonds is 6. The van der Waals surface area contributed by atoms with Crippen LogP contribution in [0.5, 0.6) is 5.75 Å². The molecule has 0 fully saturated rings. The van der Waals surface area contributed by atoms with Crippen molar-refractivity contribution in [1.29, 1.82) is 0 Å². The number of benzene rings is 1. The molecule has 16 heavy (non-hydrogen) atoms. The first-order chi connectivity index (χ1) is 7.63. The SMILES string of the molecule is CCOc1ccc(NCCN(C)C)cc1C. The van der Waals surface area contributed by atoms with E-state index in [-0.39, 0.29) is 0 Å². The van der Waals surface area contributed by atoms with Crippen molar-refractivity contribution in [1.82, 2.24) is 4.90 Å². The third-order valence-corrected chi connectivity index (χ3v) is 2.36. The zero-order valence-corrected chi connectivity index (χ0v) is 10.7. The molecule has 0 unspecified atom stereocenters. The van der Waals surface area contributed by atoms with E-state index in [4.69, 9.17) is 4.74 Å². The molecule has 90 valence electrons. The summed E-state index contributed by atoms with van der Waals surface area (Å²) in [7, 11) is 4.15. The van der Waals surface area contributed by atoms with Gasteiger partial charge in [0, 0.05) is 18.8 Å². The van der Waals surface area contributed by atoms with E-state index in [2.05, 4.69) is 43.4 Å². The zero-order chi connectivity index (χ0) is 12.0. The molecule has 0 saturated carbocycles. The largest absolute Gasteiger partial charge is 0.494 e. The van der Waals surface area contributed by atoms with Crippen LogP contribution in [0.4, 0.5) is 5.69 Å². The van der Waals surface area contributed by atoms with Crippen LogP contribution in [-0.2, 0) is 0 Å². The Labute approximate surface area is 98.4 Å². The van der Waals surface area contributed by atoms with Crippen molar-refractivity contribution < 1.29 is 4.74 Å². The second-order valence-electron chi connectivity index (χ2n) is 4.14. The maximum atomic E-state index is 5.50. The lowest BCUT2D eigenvalue weighted by Crippen LogP contribution is -2.20. The summed E-state index contributed by atoms with van der Waals surface area (Å²) < 4.78 is 5.50. The Balaban J connectivity index is 2.52. The number of aryl methyl sites for hydroxylation is 1. The van der Waals surface area contributed by atoms with E-state index in [1.165, 1.54) is 5.56 Å². The van der Waals surface area contributed by atoms with E-state index < -0.39 is 0 Å². The van der Waals surface area contributed by atoms with E-state index in [0.717, 1.165) is 24.5 Å². The van der Waals surface area contributed by atoms with Crippen LogP contribution in [0.1, 0.15) is 12.5 Å². The van der Waals surface area contributed by atoms with Gasteiger partial charge in [-0.25, -0.2) is 0 Å². The van der Waals surface area contributed by atoms with E-state index in [1.807, 2.05) is 13.0 Å². The molecule has 0 heterocycles. The van der Waals surface area contributed by atoms with E-state index in [0.29, 0.717) is 6.61 Å². The minimum Gasteiger partial charge on any atom is -0.494 e. The van der Waals surface area contributed by atoms with E-state index in [1.54, 1.807) is 0 Å². The van der Waals surface area contributed by atoms with Crippen LogP contribution >= 0.6 is 0 Å². The molecule has 1 aromatic rings. The van der Waals surface area contributed by atoms with Gasteiger partial charge in [0.05, 0.1) is 6.61 Å². The molecular weight excluding hydrogens is 200 g/mol. The van der Waals surface area contributed by atoms with Gasteiger partial charge in [0.2, 0.25) is 0 Å². The average molecular weight is 222 g/mol. The van der Waals surface area contributed by atoms with Gasteiger partial charge in [0.25, 0.3) is 0 Å². The van der Waals surface area contributed by atoms with Crippen molar-refractivity contribution in [3.8, 4) is 5.75 Å².